The second kappa shape index (κ2) is 7.98. The number of halogens is 2. The van der Waals surface area contributed by atoms with E-state index in [9.17, 15) is 23.5 Å². The highest BCUT2D eigenvalue weighted by atomic mass is 19.2. The Labute approximate surface area is 187 Å². The van der Waals surface area contributed by atoms with E-state index in [1.54, 1.807) is 4.90 Å². The van der Waals surface area contributed by atoms with E-state index in [0.717, 1.165) is 48.9 Å². The Hall–Kier alpha value is -2.76. The zero-order valence-electron chi connectivity index (χ0n) is 18.8. The lowest BCUT2D eigenvalue weighted by atomic mass is 9.55. The molecule has 1 atom stereocenters. The van der Waals surface area contributed by atoms with E-state index in [1.807, 2.05) is 45.0 Å². The smallest absolute Gasteiger partial charge is 0.314 e. The van der Waals surface area contributed by atoms with Crippen LogP contribution in [0.3, 0.4) is 0 Å². The standard InChI is InChI=1S/C26H29F2NO3/c1-25(2,3)26(24(31)32,18-6-4-5-7-18)19-10-8-16(9-11-19)14-29-15-17-12-21(27)22(28)13-20(17)23(29)30/h8-13,18H,4-7,14-15H2,1-3H3,(H,31,32). The highest BCUT2D eigenvalue weighted by Gasteiger charge is 2.55. The van der Waals surface area contributed by atoms with Gasteiger partial charge in [-0.15, -0.1) is 0 Å². The zero-order chi connectivity index (χ0) is 23.3. The molecule has 1 fully saturated rings. The Morgan fingerprint density at radius 3 is 2.22 bits per heavy atom. The summed E-state index contributed by atoms with van der Waals surface area (Å²) in [4.78, 5) is 26.9. The van der Waals surface area contributed by atoms with Gasteiger partial charge in [-0.2, -0.15) is 0 Å². The summed E-state index contributed by atoms with van der Waals surface area (Å²) in [5, 5.41) is 10.4. The normalized spacial score (nSPS) is 18.7. The van der Waals surface area contributed by atoms with Crippen molar-refractivity contribution < 1.29 is 23.5 Å². The molecule has 32 heavy (non-hydrogen) atoms. The first-order valence-corrected chi connectivity index (χ1v) is 11.2. The van der Waals surface area contributed by atoms with Crippen molar-refractivity contribution >= 4 is 11.9 Å². The van der Waals surface area contributed by atoms with Gasteiger partial charge in [-0.25, -0.2) is 8.78 Å². The van der Waals surface area contributed by atoms with Crippen LogP contribution in [0.4, 0.5) is 8.78 Å². The maximum Gasteiger partial charge on any atom is 0.314 e. The summed E-state index contributed by atoms with van der Waals surface area (Å²) in [6.07, 6.45) is 3.90. The van der Waals surface area contributed by atoms with Crippen LogP contribution < -0.4 is 0 Å². The van der Waals surface area contributed by atoms with Gasteiger partial charge in [0.1, 0.15) is 5.41 Å². The van der Waals surface area contributed by atoms with Crippen molar-refractivity contribution in [2.24, 2.45) is 11.3 Å². The van der Waals surface area contributed by atoms with Gasteiger partial charge in [0.05, 0.1) is 0 Å². The fourth-order valence-electron chi connectivity index (χ4n) is 5.85. The Morgan fingerprint density at radius 2 is 1.66 bits per heavy atom. The van der Waals surface area contributed by atoms with Crippen molar-refractivity contribution in [2.75, 3.05) is 0 Å². The predicted molar refractivity (Wildman–Crippen MR) is 117 cm³/mol. The van der Waals surface area contributed by atoms with E-state index in [1.165, 1.54) is 0 Å². The summed E-state index contributed by atoms with van der Waals surface area (Å²) in [7, 11) is 0. The third kappa shape index (κ3) is 3.50. The first kappa shape index (κ1) is 22.4. The Bertz CT molecular complexity index is 1050. The maximum absolute atomic E-state index is 13.6. The van der Waals surface area contributed by atoms with Crippen LogP contribution in [-0.2, 0) is 23.3 Å². The molecule has 2 aromatic rings. The number of carboxylic acid groups (broad SMARTS) is 1. The van der Waals surface area contributed by atoms with Crippen molar-refractivity contribution in [2.45, 2.75) is 65.0 Å². The van der Waals surface area contributed by atoms with Crippen LogP contribution >= 0.6 is 0 Å². The lowest BCUT2D eigenvalue weighted by Gasteiger charge is -2.46. The van der Waals surface area contributed by atoms with E-state index in [-0.39, 0.29) is 30.5 Å². The van der Waals surface area contributed by atoms with Gasteiger partial charge < -0.3 is 10.0 Å². The number of rotatable bonds is 5. The van der Waals surface area contributed by atoms with Gasteiger partial charge in [0, 0.05) is 18.7 Å². The van der Waals surface area contributed by atoms with Crippen LogP contribution in [-0.4, -0.2) is 21.9 Å². The summed E-state index contributed by atoms with van der Waals surface area (Å²) < 4.78 is 27.1. The molecule has 1 aliphatic carbocycles. The van der Waals surface area contributed by atoms with Gasteiger partial charge in [-0.05, 0) is 53.0 Å². The van der Waals surface area contributed by atoms with E-state index in [0.29, 0.717) is 5.56 Å². The number of nitrogens with zero attached hydrogens (tertiary/aromatic N) is 1. The number of hydrogen-bond donors (Lipinski definition) is 1. The third-order valence-corrected chi connectivity index (χ3v) is 7.30. The number of carbonyl (C=O) groups excluding carboxylic acids is 1. The molecule has 0 radical (unpaired) electrons. The molecule has 0 aromatic heterocycles. The first-order valence-electron chi connectivity index (χ1n) is 11.2. The van der Waals surface area contributed by atoms with Crippen molar-refractivity contribution in [1.82, 2.24) is 4.90 Å². The highest BCUT2D eigenvalue weighted by molar-refractivity contribution is 5.98. The topological polar surface area (TPSA) is 57.6 Å². The lowest BCUT2D eigenvalue weighted by molar-refractivity contribution is -0.152. The molecule has 6 heteroatoms. The van der Waals surface area contributed by atoms with E-state index < -0.39 is 28.4 Å². The summed E-state index contributed by atoms with van der Waals surface area (Å²) >= 11 is 0. The molecule has 1 amide bonds. The van der Waals surface area contributed by atoms with Crippen molar-refractivity contribution in [1.29, 1.82) is 0 Å². The summed E-state index contributed by atoms with van der Waals surface area (Å²) in [5.74, 6) is -3.03. The second-order valence-corrected chi connectivity index (χ2v) is 10.1. The number of hydrogen-bond acceptors (Lipinski definition) is 2. The van der Waals surface area contributed by atoms with Gasteiger partial charge in [-0.1, -0.05) is 57.9 Å². The molecule has 170 valence electrons. The van der Waals surface area contributed by atoms with Gasteiger partial charge in [0.2, 0.25) is 0 Å². The molecule has 4 nitrogen and oxygen atoms in total. The Kier molecular flexibility index (Phi) is 5.60. The molecule has 0 saturated heterocycles. The fourth-order valence-corrected chi connectivity index (χ4v) is 5.85. The van der Waals surface area contributed by atoms with Gasteiger partial charge >= 0.3 is 5.97 Å². The maximum atomic E-state index is 13.6. The van der Waals surface area contributed by atoms with E-state index in [4.69, 9.17) is 0 Å². The molecular formula is C26H29F2NO3. The van der Waals surface area contributed by atoms with Gasteiger partial charge in [-0.3, -0.25) is 9.59 Å². The molecule has 1 N–H and O–H groups in total. The highest BCUT2D eigenvalue weighted by Crippen LogP contribution is 2.52. The number of amides is 1. The molecule has 1 aliphatic heterocycles. The number of carboxylic acids is 1. The van der Waals surface area contributed by atoms with Crippen molar-refractivity contribution in [3.05, 3.63) is 70.3 Å². The Morgan fingerprint density at radius 1 is 1.06 bits per heavy atom. The molecule has 2 aliphatic rings. The molecule has 4 rings (SSSR count). The van der Waals surface area contributed by atoms with Crippen LogP contribution in [0.1, 0.15) is 73.5 Å². The zero-order valence-corrected chi connectivity index (χ0v) is 18.8. The number of aliphatic carboxylic acids is 1. The largest absolute Gasteiger partial charge is 0.481 e. The van der Waals surface area contributed by atoms with Crippen molar-refractivity contribution in [3.8, 4) is 0 Å². The third-order valence-electron chi connectivity index (χ3n) is 7.30. The first-order chi connectivity index (χ1) is 15.1. The quantitative estimate of drug-likeness (QED) is 0.650. The minimum atomic E-state index is -1.03. The summed E-state index contributed by atoms with van der Waals surface area (Å²) in [5.41, 5.74) is 0.833. The summed E-state index contributed by atoms with van der Waals surface area (Å²) in [6, 6.07) is 9.52. The van der Waals surface area contributed by atoms with Crippen molar-refractivity contribution in [3.63, 3.8) is 0 Å². The molecule has 1 saturated carbocycles. The predicted octanol–water partition coefficient (Wildman–Crippen LogP) is 5.68. The number of carbonyl (C=O) groups is 2. The van der Waals surface area contributed by atoms with E-state index in [2.05, 4.69) is 0 Å². The Balaban J connectivity index is 1.61. The number of fused-ring (bicyclic) bond motifs is 1. The van der Waals surface area contributed by atoms with Crippen LogP contribution in [0.15, 0.2) is 36.4 Å². The molecular weight excluding hydrogens is 412 g/mol. The van der Waals surface area contributed by atoms with Crippen LogP contribution in [0.2, 0.25) is 0 Å². The lowest BCUT2D eigenvalue weighted by Crippen LogP contribution is -2.52. The molecule has 0 bridgehead atoms. The minimum absolute atomic E-state index is 0.0744. The molecule has 0 spiro atoms. The van der Waals surface area contributed by atoms with Crippen LogP contribution in [0, 0.1) is 23.0 Å². The SMILES string of the molecule is CC(C)(C)C(C(=O)O)(c1ccc(CN2Cc3cc(F)c(F)cc3C2=O)cc1)C1CCCC1. The molecule has 1 heterocycles. The average Bonchev–Trinajstić information content (AvgIpc) is 3.33. The molecule has 1 unspecified atom stereocenters. The minimum Gasteiger partial charge on any atom is -0.481 e. The van der Waals surface area contributed by atoms with Crippen LogP contribution in [0.25, 0.3) is 0 Å². The fraction of sp³-hybridized carbons (Fsp3) is 0.462. The van der Waals surface area contributed by atoms with Gasteiger partial charge in [0.15, 0.2) is 11.6 Å². The second-order valence-electron chi connectivity index (χ2n) is 10.1. The molecule has 2 aromatic carbocycles. The van der Waals surface area contributed by atoms with E-state index >= 15 is 0 Å². The average molecular weight is 442 g/mol. The monoisotopic (exact) mass is 441 g/mol. The van der Waals surface area contributed by atoms with Crippen LogP contribution in [0.5, 0.6) is 0 Å². The van der Waals surface area contributed by atoms with Gasteiger partial charge in [0.25, 0.3) is 5.91 Å². The summed E-state index contributed by atoms with van der Waals surface area (Å²) in [6.45, 7) is 6.48. The number of benzene rings is 2.